The predicted molar refractivity (Wildman–Crippen MR) is 126 cm³/mol. The number of ether oxygens (including phenoxy) is 1. The third-order valence-corrected chi connectivity index (χ3v) is 4.76. The van der Waals surface area contributed by atoms with Crippen molar-refractivity contribution in [1.29, 1.82) is 0 Å². The quantitative estimate of drug-likeness (QED) is 0.514. The lowest BCUT2D eigenvalue weighted by Crippen LogP contribution is -2.40. The molecule has 30 heavy (non-hydrogen) atoms. The molecule has 0 saturated carbocycles. The molecule has 0 aromatic heterocycles. The molecule has 0 aliphatic heterocycles. The molecule has 0 fully saturated rings. The van der Waals surface area contributed by atoms with Crippen LogP contribution in [-0.2, 0) is 11.4 Å². The minimum atomic E-state index is -0.244. The van der Waals surface area contributed by atoms with E-state index in [1.54, 1.807) is 18.0 Å². The molecule has 3 aromatic rings. The lowest BCUT2D eigenvalue weighted by molar-refractivity contribution is -0.118. The van der Waals surface area contributed by atoms with Gasteiger partial charge >= 0.3 is 0 Å². The van der Waals surface area contributed by atoms with E-state index in [9.17, 15) is 4.79 Å². The fourth-order valence-corrected chi connectivity index (χ4v) is 3.31. The Morgan fingerprint density at radius 3 is 2.53 bits per heavy atom. The van der Waals surface area contributed by atoms with Crippen LogP contribution in [0.3, 0.4) is 0 Å². The zero-order chi connectivity index (χ0) is 21.3. The molecule has 2 N–H and O–H groups in total. The molecule has 0 atom stereocenters. The molecule has 3 rings (SSSR count). The molecule has 0 radical (unpaired) electrons. The zero-order valence-electron chi connectivity index (χ0n) is 16.5. The molecule has 0 spiro atoms. The SMILES string of the molecule is CN(CC(=O)NC(=S)Nc1cccc(OCc2ccccc2)c1)c1ccccc1Cl. The van der Waals surface area contributed by atoms with E-state index in [4.69, 9.17) is 28.6 Å². The van der Waals surface area contributed by atoms with Gasteiger partial charge < -0.3 is 20.3 Å². The molecular formula is C23H22ClN3O2S. The van der Waals surface area contributed by atoms with Gasteiger partial charge in [0.05, 0.1) is 17.3 Å². The number of hydrogen-bond donors (Lipinski definition) is 2. The fraction of sp³-hybridized carbons (Fsp3) is 0.130. The van der Waals surface area contributed by atoms with Gasteiger partial charge in [-0.15, -0.1) is 0 Å². The molecule has 0 saturated heterocycles. The molecular weight excluding hydrogens is 418 g/mol. The summed E-state index contributed by atoms with van der Waals surface area (Å²) in [4.78, 5) is 14.1. The number of amides is 1. The van der Waals surface area contributed by atoms with Crippen LogP contribution >= 0.6 is 23.8 Å². The molecule has 154 valence electrons. The molecule has 0 aliphatic rings. The Bertz CT molecular complexity index is 1010. The Balaban J connectivity index is 1.50. The molecule has 0 bridgehead atoms. The first kappa shape index (κ1) is 21.6. The second kappa shape index (κ2) is 10.6. The number of rotatable bonds is 7. The van der Waals surface area contributed by atoms with E-state index in [-0.39, 0.29) is 17.6 Å². The summed E-state index contributed by atoms with van der Waals surface area (Å²) < 4.78 is 5.82. The Morgan fingerprint density at radius 2 is 1.77 bits per heavy atom. The van der Waals surface area contributed by atoms with E-state index in [1.807, 2.05) is 72.8 Å². The van der Waals surface area contributed by atoms with E-state index in [0.29, 0.717) is 17.4 Å². The average molecular weight is 440 g/mol. The monoisotopic (exact) mass is 439 g/mol. The first-order valence-electron chi connectivity index (χ1n) is 9.34. The van der Waals surface area contributed by atoms with E-state index in [2.05, 4.69) is 10.6 Å². The Hall–Kier alpha value is -3.09. The number of halogens is 1. The van der Waals surface area contributed by atoms with Crippen molar-refractivity contribution >= 4 is 46.2 Å². The molecule has 3 aromatic carbocycles. The normalized spacial score (nSPS) is 10.2. The minimum absolute atomic E-state index is 0.117. The summed E-state index contributed by atoms with van der Waals surface area (Å²) in [6.45, 7) is 0.589. The number of para-hydroxylation sites is 1. The van der Waals surface area contributed by atoms with Crippen molar-refractivity contribution in [2.75, 3.05) is 23.8 Å². The van der Waals surface area contributed by atoms with Crippen LogP contribution in [0.2, 0.25) is 5.02 Å². The molecule has 7 heteroatoms. The highest BCUT2D eigenvalue weighted by atomic mass is 35.5. The number of carbonyl (C=O) groups is 1. The van der Waals surface area contributed by atoms with Gasteiger partial charge in [0.25, 0.3) is 0 Å². The third-order valence-electron chi connectivity index (χ3n) is 4.24. The summed E-state index contributed by atoms with van der Waals surface area (Å²) in [7, 11) is 1.80. The first-order valence-corrected chi connectivity index (χ1v) is 10.1. The number of nitrogens with zero attached hydrogens (tertiary/aromatic N) is 1. The Kier molecular flexibility index (Phi) is 7.65. The maximum absolute atomic E-state index is 12.3. The van der Waals surface area contributed by atoms with E-state index in [1.165, 1.54) is 0 Å². The van der Waals surface area contributed by atoms with Crippen LogP contribution in [0.1, 0.15) is 5.56 Å². The largest absolute Gasteiger partial charge is 0.489 e. The molecule has 1 amide bonds. The number of anilines is 2. The maximum atomic E-state index is 12.3. The van der Waals surface area contributed by atoms with Gasteiger partial charge in [-0.25, -0.2) is 0 Å². The van der Waals surface area contributed by atoms with E-state index in [0.717, 1.165) is 16.9 Å². The third kappa shape index (κ3) is 6.47. The van der Waals surface area contributed by atoms with Crippen LogP contribution in [-0.4, -0.2) is 24.6 Å². The van der Waals surface area contributed by atoms with Gasteiger partial charge in [-0.05, 0) is 42.0 Å². The lowest BCUT2D eigenvalue weighted by atomic mass is 10.2. The van der Waals surface area contributed by atoms with E-state index < -0.39 is 0 Å². The van der Waals surface area contributed by atoms with Crippen LogP contribution in [0.4, 0.5) is 11.4 Å². The smallest absolute Gasteiger partial charge is 0.245 e. The first-order chi connectivity index (χ1) is 14.5. The summed E-state index contributed by atoms with van der Waals surface area (Å²) >= 11 is 11.4. The Morgan fingerprint density at radius 1 is 1.03 bits per heavy atom. The van der Waals surface area contributed by atoms with Gasteiger partial charge in [-0.3, -0.25) is 4.79 Å². The summed E-state index contributed by atoms with van der Waals surface area (Å²) in [6.07, 6.45) is 0. The van der Waals surface area contributed by atoms with Crippen molar-refractivity contribution in [3.8, 4) is 5.75 Å². The standard InChI is InChI=1S/C23H22ClN3O2S/c1-27(21-13-6-5-12-20(21)24)15-22(28)26-23(30)25-18-10-7-11-19(14-18)29-16-17-8-3-2-4-9-17/h2-14H,15-16H2,1H3,(H2,25,26,28,30). The van der Waals surface area contributed by atoms with Gasteiger partial charge in [0.1, 0.15) is 12.4 Å². The lowest BCUT2D eigenvalue weighted by Gasteiger charge is -2.20. The number of thiocarbonyl (C=S) groups is 1. The molecule has 0 unspecified atom stereocenters. The van der Waals surface area contributed by atoms with Crippen molar-refractivity contribution in [3.63, 3.8) is 0 Å². The van der Waals surface area contributed by atoms with Crippen LogP contribution in [0.5, 0.6) is 5.75 Å². The Labute approximate surface area is 186 Å². The number of benzene rings is 3. The van der Waals surface area contributed by atoms with E-state index >= 15 is 0 Å². The van der Waals surface area contributed by atoms with Crippen molar-refractivity contribution in [3.05, 3.63) is 89.4 Å². The number of likely N-dealkylation sites (N-methyl/N-ethyl adjacent to an activating group) is 1. The molecule has 5 nitrogen and oxygen atoms in total. The van der Waals surface area contributed by atoms with Crippen molar-refractivity contribution in [2.45, 2.75) is 6.61 Å². The van der Waals surface area contributed by atoms with Gasteiger partial charge in [0, 0.05) is 18.8 Å². The second-order valence-electron chi connectivity index (χ2n) is 6.61. The minimum Gasteiger partial charge on any atom is -0.489 e. The highest BCUT2D eigenvalue weighted by molar-refractivity contribution is 7.80. The van der Waals surface area contributed by atoms with Gasteiger partial charge in [0.15, 0.2) is 5.11 Å². The fourth-order valence-electron chi connectivity index (χ4n) is 2.79. The van der Waals surface area contributed by atoms with Gasteiger partial charge in [-0.2, -0.15) is 0 Å². The maximum Gasteiger partial charge on any atom is 0.245 e. The topological polar surface area (TPSA) is 53.6 Å². The summed E-state index contributed by atoms with van der Waals surface area (Å²) in [5.74, 6) is 0.461. The summed E-state index contributed by atoms with van der Waals surface area (Å²) in [5, 5.41) is 6.49. The van der Waals surface area contributed by atoms with Crippen molar-refractivity contribution in [2.24, 2.45) is 0 Å². The highest BCUT2D eigenvalue weighted by Crippen LogP contribution is 2.23. The molecule has 0 aliphatic carbocycles. The van der Waals surface area contributed by atoms with Crippen LogP contribution in [0, 0.1) is 0 Å². The predicted octanol–water partition coefficient (Wildman–Crippen LogP) is 4.87. The second-order valence-corrected chi connectivity index (χ2v) is 7.43. The summed E-state index contributed by atoms with van der Waals surface area (Å²) in [5.41, 5.74) is 2.59. The van der Waals surface area contributed by atoms with Gasteiger partial charge in [0.2, 0.25) is 5.91 Å². The zero-order valence-corrected chi connectivity index (χ0v) is 18.0. The van der Waals surface area contributed by atoms with Gasteiger partial charge in [-0.1, -0.05) is 60.1 Å². The summed E-state index contributed by atoms with van der Waals surface area (Å²) in [6, 6.07) is 24.7. The number of hydrogen-bond acceptors (Lipinski definition) is 4. The average Bonchev–Trinajstić information content (AvgIpc) is 2.73. The number of nitrogens with one attached hydrogen (secondary N) is 2. The van der Waals surface area contributed by atoms with Crippen LogP contribution in [0.25, 0.3) is 0 Å². The molecule has 0 heterocycles. The van der Waals surface area contributed by atoms with Crippen LogP contribution < -0.4 is 20.3 Å². The van der Waals surface area contributed by atoms with Crippen molar-refractivity contribution in [1.82, 2.24) is 5.32 Å². The van der Waals surface area contributed by atoms with Crippen molar-refractivity contribution < 1.29 is 9.53 Å². The van der Waals surface area contributed by atoms with Crippen LogP contribution in [0.15, 0.2) is 78.9 Å². The number of carbonyl (C=O) groups excluding carboxylic acids is 1. The highest BCUT2D eigenvalue weighted by Gasteiger charge is 2.11.